The summed E-state index contributed by atoms with van der Waals surface area (Å²) in [5.41, 5.74) is 7.34. The molecule has 3 N–H and O–H groups in total. The number of thioether (sulfide) groups is 1. The number of amides is 3. The summed E-state index contributed by atoms with van der Waals surface area (Å²) in [6.07, 6.45) is 3.09. The number of hydrogen-bond donors (Lipinski definition) is 2. The molecule has 0 bridgehead atoms. The number of methoxy groups -OCH3 is 1. The monoisotopic (exact) mass is 522 g/mol. The second-order valence-electron chi connectivity index (χ2n) is 8.76. The number of ether oxygens (including phenoxy) is 1. The fraction of sp³-hybridized carbons (Fsp3) is 0.308. The van der Waals surface area contributed by atoms with Gasteiger partial charge in [-0.2, -0.15) is 5.26 Å². The van der Waals surface area contributed by atoms with Crippen molar-refractivity contribution in [2.24, 2.45) is 5.73 Å². The Kier molecular flexibility index (Phi) is 7.52. The molecular weight excluding hydrogens is 496 g/mol. The molecule has 1 spiro atoms. The van der Waals surface area contributed by atoms with Gasteiger partial charge in [0, 0.05) is 39.4 Å². The zero-order valence-corrected chi connectivity index (χ0v) is 21.6. The van der Waals surface area contributed by atoms with Crippen LogP contribution in [0.15, 0.2) is 41.3 Å². The number of rotatable bonds is 3. The maximum absolute atomic E-state index is 12.4. The number of hydrogen-bond acceptors (Lipinski definition) is 7. The Balaban J connectivity index is 0.000000174. The van der Waals surface area contributed by atoms with Gasteiger partial charge in [-0.3, -0.25) is 14.9 Å². The average molecular weight is 523 g/mol. The molecule has 1 saturated heterocycles. The number of thiophene rings is 1. The summed E-state index contributed by atoms with van der Waals surface area (Å²) >= 11 is 3.23. The van der Waals surface area contributed by atoms with Crippen molar-refractivity contribution in [3.63, 3.8) is 0 Å². The first-order chi connectivity index (χ1) is 17.3. The van der Waals surface area contributed by atoms with Gasteiger partial charge in [-0.05, 0) is 67.1 Å². The average Bonchev–Trinajstić information content (AvgIpc) is 3.18. The number of benzene rings is 2. The topological polar surface area (TPSA) is 126 Å². The Labute approximate surface area is 217 Å². The number of fused-ring (bicyclic) bond motifs is 2. The Morgan fingerprint density at radius 1 is 1.25 bits per heavy atom. The molecule has 2 aliphatic heterocycles. The quantitative estimate of drug-likeness (QED) is 0.470. The fourth-order valence-corrected chi connectivity index (χ4v) is 7.06. The molecule has 1 aromatic heterocycles. The summed E-state index contributed by atoms with van der Waals surface area (Å²) in [6, 6.07) is 12.7. The number of nitrogens with two attached hydrogens (primary N) is 1. The zero-order chi connectivity index (χ0) is 25.9. The third kappa shape index (κ3) is 5.32. The van der Waals surface area contributed by atoms with E-state index in [1.807, 2.05) is 31.2 Å². The van der Waals surface area contributed by atoms with Crippen molar-refractivity contribution in [1.29, 1.82) is 5.26 Å². The SMILES string of the molecule is COc1ccc2c(C)c(NC(N)=O)sc2c1.N#Cc1ccc2c(c1)C(=O)CC1(CCN(C=O)CC1)S2. The van der Waals surface area contributed by atoms with E-state index in [1.54, 1.807) is 35.9 Å². The van der Waals surface area contributed by atoms with E-state index in [2.05, 4.69) is 11.4 Å². The van der Waals surface area contributed by atoms with Gasteiger partial charge in [-0.15, -0.1) is 23.1 Å². The van der Waals surface area contributed by atoms with E-state index in [0.717, 1.165) is 63.6 Å². The minimum atomic E-state index is -0.540. The standard InChI is InChI=1S/C15H14N2O2S.C11H12N2O2S/c16-9-11-1-2-14-12(7-11)13(19)8-15(20-14)3-5-17(10-18)6-4-15;1-6-8-4-3-7(15-2)5-9(8)16-10(6)13-11(12)14/h1-2,7,10H,3-6,8H2;3-5H,1-2H3,(H3,12,13,14). The van der Waals surface area contributed by atoms with Gasteiger partial charge in [0.1, 0.15) is 10.8 Å². The van der Waals surface area contributed by atoms with Gasteiger partial charge < -0.3 is 15.4 Å². The van der Waals surface area contributed by atoms with E-state index < -0.39 is 6.03 Å². The molecule has 0 aliphatic carbocycles. The Hall–Kier alpha value is -3.55. The summed E-state index contributed by atoms with van der Waals surface area (Å²) in [5.74, 6) is 0.926. The predicted molar refractivity (Wildman–Crippen MR) is 142 cm³/mol. The van der Waals surface area contributed by atoms with Crippen LogP contribution in [0.1, 0.15) is 40.7 Å². The fourth-order valence-electron chi connectivity index (χ4n) is 4.44. The van der Waals surface area contributed by atoms with Crippen LogP contribution in [-0.2, 0) is 4.79 Å². The summed E-state index contributed by atoms with van der Waals surface area (Å²) in [6.45, 7) is 3.39. The lowest BCUT2D eigenvalue weighted by atomic mass is 9.88. The molecule has 10 heteroatoms. The summed E-state index contributed by atoms with van der Waals surface area (Å²) in [5, 5.41) is 13.4. The van der Waals surface area contributed by atoms with Crippen LogP contribution in [0.4, 0.5) is 9.80 Å². The molecule has 0 saturated carbocycles. The van der Waals surface area contributed by atoms with Crippen molar-refractivity contribution in [2.45, 2.75) is 35.8 Å². The van der Waals surface area contributed by atoms with E-state index >= 15 is 0 Å². The van der Waals surface area contributed by atoms with E-state index in [0.29, 0.717) is 17.5 Å². The first-order valence-corrected chi connectivity index (χ1v) is 13.0. The first-order valence-electron chi connectivity index (χ1n) is 11.4. The van der Waals surface area contributed by atoms with E-state index in [-0.39, 0.29) is 10.5 Å². The number of carbonyl (C=O) groups is 3. The van der Waals surface area contributed by atoms with Crippen molar-refractivity contribution in [1.82, 2.24) is 4.90 Å². The highest BCUT2D eigenvalue weighted by Crippen LogP contribution is 2.49. The molecule has 36 heavy (non-hydrogen) atoms. The number of likely N-dealkylation sites (tertiary alicyclic amines) is 1. The predicted octanol–water partition coefficient (Wildman–Crippen LogP) is 4.94. The number of urea groups is 1. The number of ketones is 1. The van der Waals surface area contributed by atoms with Gasteiger partial charge in [-0.25, -0.2) is 4.79 Å². The molecule has 186 valence electrons. The molecule has 5 rings (SSSR count). The van der Waals surface area contributed by atoms with Crippen LogP contribution in [0, 0.1) is 18.3 Å². The molecular formula is C26H26N4O4S2. The summed E-state index contributed by atoms with van der Waals surface area (Å²) in [4.78, 5) is 36.7. The van der Waals surface area contributed by atoms with Gasteiger partial charge in [0.15, 0.2) is 5.78 Å². The van der Waals surface area contributed by atoms with Crippen molar-refractivity contribution in [3.8, 4) is 11.8 Å². The van der Waals surface area contributed by atoms with E-state index in [4.69, 9.17) is 15.7 Å². The molecule has 2 aromatic carbocycles. The Bertz CT molecular complexity index is 1370. The number of nitrogens with zero attached hydrogens (tertiary/aromatic N) is 2. The third-order valence-corrected chi connectivity index (χ3v) is 9.19. The summed E-state index contributed by atoms with van der Waals surface area (Å²) in [7, 11) is 1.63. The van der Waals surface area contributed by atoms with Gasteiger partial charge in [0.2, 0.25) is 6.41 Å². The Morgan fingerprint density at radius 2 is 2.00 bits per heavy atom. The highest BCUT2D eigenvalue weighted by Gasteiger charge is 2.41. The third-order valence-electron chi connectivity index (χ3n) is 6.46. The van der Waals surface area contributed by atoms with E-state index in [1.165, 1.54) is 11.3 Å². The van der Waals surface area contributed by atoms with Crippen LogP contribution in [0.25, 0.3) is 10.1 Å². The number of nitriles is 1. The Morgan fingerprint density at radius 3 is 2.64 bits per heavy atom. The lowest BCUT2D eigenvalue weighted by molar-refractivity contribution is -0.119. The highest BCUT2D eigenvalue weighted by atomic mass is 32.2. The van der Waals surface area contributed by atoms with Crippen molar-refractivity contribution in [3.05, 3.63) is 53.1 Å². The number of nitrogens with one attached hydrogen (secondary N) is 1. The van der Waals surface area contributed by atoms with Crippen molar-refractivity contribution < 1.29 is 19.1 Å². The molecule has 0 unspecified atom stereocenters. The normalized spacial score (nSPS) is 15.9. The van der Waals surface area contributed by atoms with Crippen LogP contribution in [0.3, 0.4) is 0 Å². The second-order valence-corrected chi connectivity index (χ2v) is 11.3. The number of carbonyl (C=O) groups excluding carboxylic acids is 3. The number of primary amides is 1. The van der Waals surface area contributed by atoms with Gasteiger partial charge in [-0.1, -0.05) is 0 Å². The van der Waals surface area contributed by atoms with Gasteiger partial charge >= 0.3 is 6.03 Å². The molecule has 1 fully saturated rings. The van der Waals surface area contributed by atoms with Crippen molar-refractivity contribution in [2.75, 3.05) is 25.5 Å². The van der Waals surface area contributed by atoms with Crippen LogP contribution in [0.2, 0.25) is 0 Å². The van der Waals surface area contributed by atoms with Crippen LogP contribution in [0.5, 0.6) is 5.75 Å². The second kappa shape index (κ2) is 10.6. The molecule has 0 radical (unpaired) electrons. The highest BCUT2D eigenvalue weighted by molar-refractivity contribution is 8.01. The minimum Gasteiger partial charge on any atom is -0.497 e. The molecule has 0 atom stereocenters. The number of piperidine rings is 1. The van der Waals surface area contributed by atoms with Gasteiger partial charge in [0.05, 0.1) is 18.7 Å². The van der Waals surface area contributed by atoms with Gasteiger partial charge in [0.25, 0.3) is 0 Å². The van der Waals surface area contributed by atoms with E-state index in [9.17, 15) is 14.4 Å². The number of anilines is 1. The van der Waals surface area contributed by atoms with Crippen LogP contribution >= 0.6 is 23.1 Å². The molecule has 8 nitrogen and oxygen atoms in total. The molecule has 3 aromatic rings. The molecule has 3 amide bonds. The number of aryl methyl sites for hydroxylation is 1. The largest absolute Gasteiger partial charge is 0.497 e. The maximum atomic E-state index is 12.4. The smallest absolute Gasteiger partial charge is 0.317 e. The lowest BCUT2D eigenvalue weighted by Gasteiger charge is -2.42. The van der Waals surface area contributed by atoms with Crippen molar-refractivity contribution >= 4 is 56.4 Å². The number of Topliss-reactive ketones (excluding diaryl/α,β-unsaturated/α-hetero) is 1. The maximum Gasteiger partial charge on any atom is 0.317 e. The minimum absolute atomic E-state index is 0.0717. The van der Waals surface area contributed by atoms with Crippen LogP contribution in [-0.4, -0.2) is 48.1 Å². The first kappa shape index (κ1) is 25.5. The summed E-state index contributed by atoms with van der Waals surface area (Å²) < 4.78 is 6.15. The lowest BCUT2D eigenvalue weighted by Crippen LogP contribution is -2.44. The molecule has 3 heterocycles. The molecule has 2 aliphatic rings. The van der Waals surface area contributed by atoms with Crippen LogP contribution < -0.4 is 15.8 Å². The zero-order valence-electron chi connectivity index (χ0n) is 20.0.